The van der Waals surface area contributed by atoms with Crippen molar-refractivity contribution >= 4 is 27.7 Å². The summed E-state index contributed by atoms with van der Waals surface area (Å²) in [5, 5.41) is 0. The van der Waals surface area contributed by atoms with Crippen molar-refractivity contribution in [2.24, 2.45) is 0 Å². The van der Waals surface area contributed by atoms with Gasteiger partial charge >= 0.3 is 5.97 Å². The van der Waals surface area contributed by atoms with E-state index in [0.717, 1.165) is 17.1 Å². The van der Waals surface area contributed by atoms with Crippen molar-refractivity contribution < 1.29 is 18.7 Å². The van der Waals surface area contributed by atoms with Crippen LogP contribution in [-0.2, 0) is 11.3 Å². The maximum Gasteiger partial charge on any atom is 0.340 e. The number of pyridine rings is 1. The molecule has 0 unspecified atom stereocenters. The van der Waals surface area contributed by atoms with Crippen LogP contribution in [0.15, 0.2) is 51.8 Å². The summed E-state index contributed by atoms with van der Waals surface area (Å²) >= 11 is 3.24. The Hall–Kier alpha value is -2.67. The van der Waals surface area contributed by atoms with Crippen LogP contribution in [0, 0.1) is 13.8 Å². The third kappa shape index (κ3) is 3.94. The highest BCUT2D eigenvalue weighted by Crippen LogP contribution is 2.18. The molecule has 7 heteroatoms. The largest absolute Gasteiger partial charge is 0.467 e. The molecule has 3 aromatic rings. The summed E-state index contributed by atoms with van der Waals surface area (Å²) in [5.41, 5.74) is 2.57. The van der Waals surface area contributed by atoms with E-state index in [1.54, 1.807) is 24.6 Å². The molecule has 134 valence electrons. The van der Waals surface area contributed by atoms with Gasteiger partial charge in [-0.3, -0.25) is 9.78 Å². The topological polar surface area (TPSA) is 74.3 Å². The van der Waals surface area contributed by atoms with Crippen molar-refractivity contribution in [1.82, 2.24) is 9.55 Å². The van der Waals surface area contributed by atoms with Gasteiger partial charge < -0.3 is 13.7 Å². The van der Waals surface area contributed by atoms with Gasteiger partial charge in [-0.1, -0.05) is 0 Å². The van der Waals surface area contributed by atoms with Crippen LogP contribution in [0.5, 0.6) is 0 Å². The fraction of sp³-hybridized carbons (Fsp3) is 0.211. The second-order valence-corrected chi connectivity index (χ2v) is 6.76. The van der Waals surface area contributed by atoms with Crippen LogP contribution in [0.2, 0.25) is 0 Å². The molecule has 0 fully saturated rings. The zero-order chi connectivity index (χ0) is 18.7. The first-order chi connectivity index (χ1) is 12.5. The predicted octanol–water partition coefficient (Wildman–Crippen LogP) is 3.94. The molecular formula is C19H17BrN2O4. The molecule has 0 spiro atoms. The standard InChI is InChI=1S/C19H17BrN2O4/c1-12-6-17(13(2)22(12)10-16-4-3-5-25-16)18(23)11-26-19(24)14-7-15(20)9-21-8-14/h3-9H,10-11H2,1-2H3. The number of ether oxygens (including phenoxy) is 1. The summed E-state index contributed by atoms with van der Waals surface area (Å²) < 4.78 is 13.2. The second-order valence-electron chi connectivity index (χ2n) is 5.84. The number of halogens is 1. The van der Waals surface area contributed by atoms with Crippen LogP contribution < -0.4 is 0 Å². The minimum Gasteiger partial charge on any atom is -0.467 e. The fourth-order valence-electron chi connectivity index (χ4n) is 2.70. The molecule has 26 heavy (non-hydrogen) atoms. The number of carbonyl (C=O) groups is 2. The first-order valence-corrected chi connectivity index (χ1v) is 8.75. The van der Waals surface area contributed by atoms with E-state index in [9.17, 15) is 9.59 Å². The number of carbonyl (C=O) groups excluding carboxylic acids is 2. The van der Waals surface area contributed by atoms with Crippen molar-refractivity contribution in [2.45, 2.75) is 20.4 Å². The van der Waals surface area contributed by atoms with Gasteiger partial charge in [-0.25, -0.2) is 4.79 Å². The molecule has 0 aliphatic carbocycles. The third-order valence-electron chi connectivity index (χ3n) is 4.04. The zero-order valence-corrected chi connectivity index (χ0v) is 15.9. The molecule has 3 rings (SSSR count). The van der Waals surface area contributed by atoms with Crippen LogP contribution in [0.1, 0.15) is 37.9 Å². The predicted molar refractivity (Wildman–Crippen MR) is 98.3 cm³/mol. The van der Waals surface area contributed by atoms with Gasteiger partial charge in [0.1, 0.15) is 5.76 Å². The third-order valence-corrected chi connectivity index (χ3v) is 4.48. The SMILES string of the molecule is Cc1cc(C(=O)COC(=O)c2cncc(Br)c2)c(C)n1Cc1ccco1. The highest BCUT2D eigenvalue weighted by molar-refractivity contribution is 9.10. The van der Waals surface area contributed by atoms with Gasteiger partial charge in [0, 0.05) is 33.8 Å². The van der Waals surface area contributed by atoms with Crippen LogP contribution >= 0.6 is 15.9 Å². The molecule has 0 amide bonds. The lowest BCUT2D eigenvalue weighted by Crippen LogP contribution is -2.15. The first-order valence-electron chi connectivity index (χ1n) is 7.95. The van der Waals surface area contributed by atoms with Crippen molar-refractivity contribution in [1.29, 1.82) is 0 Å². The molecule has 0 aliphatic rings. The Morgan fingerprint density at radius 1 is 1.27 bits per heavy atom. The van der Waals surface area contributed by atoms with Gasteiger partial charge in [0.05, 0.1) is 18.4 Å². The minimum atomic E-state index is -0.587. The molecular weight excluding hydrogens is 400 g/mol. The maximum absolute atomic E-state index is 12.5. The average Bonchev–Trinajstić information content (AvgIpc) is 3.23. The lowest BCUT2D eigenvalue weighted by atomic mass is 10.1. The fourth-order valence-corrected chi connectivity index (χ4v) is 3.07. The number of hydrogen-bond acceptors (Lipinski definition) is 5. The van der Waals surface area contributed by atoms with Gasteiger partial charge in [0.15, 0.2) is 6.61 Å². The number of hydrogen-bond donors (Lipinski definition) is 0. The average molecular weight is 417 g/mol. The van der Waals surface area contributed by atoms with Gasteiger partial charge in [-0.15, -0.1) is 0 Å². The summed E-state index contributed by atoms with van der Waals surface area (Å²) in [4.78, 5) is 28.5. The quantitative estimate of drug-likeness (QED) is 0.449. The first kappa shape index (κ1) is 18.1. The molecule has 0 N–H and O–H groups in total. The lowest BCUT2D eigenvalue weighted by Gasteiger charge is -2.08. The molecule has 3 aromatic heterocycles. The molecule has 0 aliphatic heterocycles. The van der Waals surface area contributed by atoms with Gasteiger partial charge in [0.25, 0.3) is 0 Å². The highest BCUT2D eigenvalue weighted by Gasteiger charge is 2.18. The molecule has 3 heterocycles. The van der Waals surface area contributed by atoms with E-state index < -0.39 is 5.97 Å². The second kappa shape index (κ2) is 7.70. The van der Waals surface area contributed by atoms with Crippen LogP contribution in [0.4, 0.5) is 0 Å². The highest BCUT2D eigenvalue weighted by atomic mass is 79.9. The van der Waals surface area contributed by atoms with E-state index >= 15 is 0 Å². The Morgan fingerprint density at radius 3 is 2.77 bits per heavy atom. The summed E-state index contributed by atoms with van der Waals surface area (Å²) in [7, 11) is 0. The Morgan fingerprint density at radius 2 is 2.08 bits per heavy atom. The maximum atomic E-state index is 12.5. The number of aromatic nitrogens is 2. The molecule has 6 nitrogen and oxygen atoms in total. The molecule has 0 atom stereocenters. The Kier molecular flexibility index (Phi) is 5.37. The Labute approximate surface area is 158 Å². The van der Waals surface area contributed by atoms with Crippen LogP contribution in [-0.4, -0.2) is 27.9 Å². The molecule has 0 aromatic carbocycles. The number of ketones is 1. The van der Waals surface area contributed by atoms with Crippen molar-refractivity contribution in [3.8, 4) is 0 Å². The Balaban J connectivity index is 1.69. The minimum absolute atomic E-state index is 0.250. The van der Waals surface area contributed by atoms with Crippen molar-refractivity contribution in [3.05, 3.63) is 75.7 Å². The number of Topliss-reactive ketones (excluding diaryl/α,β-unsaturated/α-hetero) is 1. The number of aryl methyl sites for hydroxylation is 1. The van der Waals surface area contributed by atoms with E-state index in [4.69, 9.17) is 9.15 Å². The van der Waals surface area contributed by atoms with Gasteiger partial charge in [0.2, 0.25) is 5.78 Å². The van der Waals surface area contributed by atoms with Gasteiger partial charge in [-0.05, 0) is 54.0 Å². The summed E-state index contributed by atoms with van der Waals surface area (Å²) in [6.45, 7) is 4.01. The zero-order valence-electron chi connectivity index (χ0n) is 14.4. The summed E-state index contributed by atoms with van der Waals surface area (Å²) in [5.74, 6) is -0.0315. The lowest BCUT2D eigenvalue weighted by molar-refractivity contribution is 0.0474. The van der Waals surface area contributed by atoms with Gasteiger partial charge in [-0.2, -0.15) is 0 Å². The summed E-state index contributed by atoms with van der Waals surface area (Å²) in [6, 6.07) is 7.10. The molecule has 0 radical (unpaired) electrons. The monoisotopic (exact) mass is 416 g/mol. The van der Waals surface area contributed by atoms with E-state index in [2.05, 4.69) is 20.9 Å². The number of furan rings is 1. The molecule has 0 saturated carbocycles. The smallest absolute Gasteiger partial charge is 0.340 e. The summed E-state index contributed by atoms with van der Waals surface area (Å²) in [6.07, 6.45) is 4.58. The van der Waals surface area contributed by atoms with Crippen LogP contribution in [0.3, 0.4) is 0 Å². The van der Waals surface area contributed by atoms with E-state index in [0.29, 0.717) is 16.6 Å². The van der Waals surface area contributed by atoms with Crippen molar-refractivity contribution in [3.63, 3.8) is 0 Å². The van der Waals surface area contributed by atoms with E-state index in [1.165, 1.54) is 6.20 Å². The van der Waals surface area contributed by atoms with Crippen molar-refractivity contribution in [2.75, 3.05) is 6.61 Å². The number of rotatable bonds is 6. The molecule has 0 bridgehead atoms. The number of esters is 1. The normalized spacial score (nSPS) is 10.7. The molecule has 0 saturated heterocycles. The Bertz CT molecular complexity index is 945. The van der Waals surface area contributed by atoms with E-state index in [-0.39, 0.29) is 18.0 Å². The van der Waals surface area contributed by atoms with E-state index in [1.807, 2.05) is 30.5 Å². The number of nitrogens with zero attached hydrogens (tertiary/aromatic N) is 2. The van der Waals surface area contributed by atoms with Crippen LogP contribution in [0.25, 0.3) is 0 Å².